The maximum atomic E-state index is 11.6. The van der Waals surface area contributed by atoms with E-state index in [2.05, 4.69) is 22.8 Å². The zero-order valence-electron chi connectivity index (χ0n) is 10.5. The third kappa shape index (κ3) is 5.07. The number of carbonyl (C=O) groups is 1. The van der Waals surface area contributed by atoms with Crippen LogP contribution in [0.4, 0.5) is 0 Å². The average molecular weight is 269 g/mol. The number of benzene rings is 1. The van der Waals surface area contributed by atoms with E-state index in [4.69, 9.17) is 0 Å². The van der Waals surface area contributed by atoms with Crippen LogP contribution in [0.1, 0.15) is 24.8 Å². The van der Waals surface area contributed by atoms with Gasteiger partial charge in [-0.05, 0) is 31.4 Å². The highest BCUT2D eigenvalue weighted by atomic mass is 35.5. The molecule has 0 bridgehead atoms. The van der Waals surface area contributed by atoms with Crippen LogP contribution in [-0.4, -0.2) is 25.0 Å². The zero-order chi connectivity index (χ0) is 11.9. The van der Waals surface area contributed by atoms with Gasteiger partial charge in [0.2, 0.25) is 5.91 Å². The van der Waals surface area contributed by atoms with E-state index in [0.717, 1.165) is 19.5 Å². The molecule has 0 aromatic heterocycles. The first-order chi connectivity index (χ1) is 8.34. The summed E-state index contributed by atoms with van der Waals surface area (Å²) in [6, 6.07) is 10.6. The molecule has 0 aliphatic carbocycles. The van der Waals surface area contributed by atoms with E-state index < -0.39 is 0 Å². The summed E-state index contributed by atoms with van der Waals surface area (Å²) < 4.78 is 0. The second kappa shape index (κ2) is 8.11. The summed E-state index contributed by atoms with van der Waals surface area (Å²) in [5, 5.41) is 6.36. The predicted octanol–water partition coefficient (Wildman–Crippen LogP) is 1.91. The lowest BCUT2D eigenvalue weighted by atomic mass is 10.1. The molecule has 1 heterocycles. The van der Waals surface area contributed by atoms with Gasteiger partial charge in [-0.2, -0.15) is 0 Å². The monoisotopic (exact) mass is 268 g/mol. The molecule has 4 heteroatoms. The molecule has 18 heavy (non-hydrogen) atoms. The van der Waals surface area contributed by atoms with Gasteiger partial charge in [-0.15, -0.1) is 12.4 Å². The lowest BCUT2D eigenvalue weighted by Crippen LogP contribution is -2.37. The second-order valence-corrected chi connectivity index (χ2v) is 4.58. The minimum Gasteiger partial charge on any atom is -0.355 e. The highest BCUT2D eigenvalue weighted by molar-refractivity contribution is 5.85. The summed E-state index contributed by atoms with van der Waals surface area (Å²) in [5.74, 6) is 0.155. The molecule has 1 unspecified atom stereocenters. The van der Waals surface area contributed by atoms with Gasteiger partial charge < -0.3 is 10.6 Å². The van der Waals surface area contributed by atoms with Crippen LogP contribution in [0.25, 0.3) is 0 Å². The first-order valence-electron chi connectivity index (χ1n) is 6.38. The fraction of sp³-hybridized carbons (Fsp3) is 0.500. The van der Waals surface area contributed by atoms with Crippen molar-refractivity contribution in [2.45, 2.75) is 31.7 Å². The molecule has 100 valence electrons. The quantitative estimate of drug-likeness (QED) is 0.857. The van der Waals surface area contributed by atoms with E-state index in [1.165, 1.54) is 18.4 Å². The van der Waals surface area contributed by atoms with Crippen LogP contribution in [0.3, 0.4) is 0 Å². The van der Waals surface area contributed by atoms with Crippen molar-refractivity contribution in [3.8, 4) is 0 Å². The average Bonchev–Trinajstić information content (AvgIpc) is 2.88. The zero-order valence-corrected chi connectivity index (χ0v) is 11.3. The summed E-state index contributed by atoms with van der Waals surface area (Å²) in [5.41, 5.74) is 1.22. The predicted molar refractivity (Wildman–Crippen MR) is 76.0 cm³/mol. The Labute approximate surface area is 115 Å². The second-order valence-electron chi connectivity index (χ2n) is 4.58. The number of hydrogen-bond acceptors (Lipinski definition) is 2. The van der Waals surface area contributed by atoms with Gasteiger partial charge in [-0.3, -0.25) is 4.79 Å². The molecule has 1 fully saturated rings. The molecule has 0 radical (unpaired) electrons. The minimum absolute atomic E-state index is 0. The van der Waals surface area contributed by atoms with Gasteiger partial charge in [0.15, 0.2) is 0 Å². The van der Waals surface area contributed by atoms with Gasteiger partial charge in [0, 0.05) is 19.0 Å². The largest absolute Gasteiger partial charge is 0.355 e. The Morgan fingerprint density at radius 2 is 2.11 bits per heavy atom. The fourth-order valence-electron chi connectivity index (χ4n) is 2.16. The molecule has 1 amide bonds. The standard InChI is InChI=1S/C14H20N2O.ClH/c17-14(16-11-13-7-4-10-15-13)9-8-12-5-2-1-3-6-12;/h1-3,5-6,13,15H,4,7-11H2,(H,16,17);1H. The highest BCUT2D eigenvalue weighted by Crippen LogP contribution is 2.04. The van der Waals surface area contributed by atoms with E-state index in [1.54, 1.807) is 0 Å². The summed E-state index contributed by atoms with van der Waals surface area (Å²) in [6.07, 6.45) is 3.81. The molecule has 2 N–H and O–H groups in total. The van der Waals surface area contributed by atoms with Gasteiger partial charge >= 0.3 is 0 Å². The van der Waals surface area contributed by atoms with E-state index in [9.17, 15) is 4.79 Å². The van der Waals surface area contributed by atoms with Crippen LogP contribution in [0.15, 0.2) is 30.3 Å². The van der Waals surface area contributed by atoms with Gasteiger partial charge in [-0.25, -0.2) is 0 Å². The van der Waals surface area contributed by atoms with Gasteiger partial charge in [0.1, 0.15) is 0 Å². The Bertz CT molecular complexity index is 350. The Balaban J connectivity index is 0.00000162. The molecule has 3 nitrogen and oxygen atoms in total. The van der Waals surface area contributed by atoms with Crippen LogP contribution < -0.4 is 10.6 Å². The molecule has 1 aliphatic heterocycles. The molecular formula is C14H21ClN2O. The van der Waals surface area contributed by atoms with Crippen LogP contribution in [-0.2, 0) is 11.2 Å². The molecule has 2 rings (SSSR count). The van der Waals surface area contributed by atoms with Crippen molar-refractivity contribution in [2.24, 2.45) is 0 Å². The Morgan fingerprint density at radius 3 is 2.78 bits per heavy atom. The van der Waals surface area contributed by atoms with Crippen LogP contribution in [0, 0.1) is 0 Å². The SMILES string of the molecule is Cl.O=C(CCc1ccccc1)NCC1CCCN1. The van der Waals surface area contributed by atoms with Gasteiger partial charge in [-0.1, -0.05) is 30.3 Å². The van der Waals surface area contributed by atoms with Crippen molar-refractivity contribution in [3.05, 3.63) is 35.9 Å². The van der Waals surface area contributed by atoms with Crippen molar-refractivity contribution >= 4 is 18.3 Å². The number of hydrogen-bond donors (Lipinski definition) is 2. The molecule has 1 aliphatic rings. The molecule has 1 aromatic rings. The van der Waals surface area contributed by atoms with E-state index in [-0.39, 0.29) is 18.3 Å². The molecule has 0 saturated carbocycles. The molecule has 0 spiro atoms. The van der Waals surface area contributed by atoms with Crippen LogP contribution in [0.5, 0.6) is 0 Å². The van der Waals surface area contributed by atoms with Crippen molar-refractivity contribution in [1.29, 1.82) is 0 Å². The van der Waals surface area contributed by atoms with Crippen molar-refractivity contribution < 1.29 is 4.79 Å². The highest BCUT2D eigenvalue weighted by Gasteiger charge is 2.14. The van der Waals surface area contributed by atoms with E-state index in [0.29, 0.717) is 12.5 Å². The lowest BCUT2D eigenvalue weighted by molar-refractivity contribution is -0.121. The van der Waals surface area contributed by atoms with Crippen LogP contribution in [0.2, 0.25) is 0 Å². The summed E-state index contributed by atoms with van der Waals surface area (Å²) >= 11 is 0. The molecule has 1 atom stereocenters. The number of carbonyl (C=O) groups excluding carboxylic acids is 1. The van der Waals surface area contributed by atoms with Gasteiger partial charge in [0.25, 0.3) is 0 Å². The van der Waals surface area contributed by atoms with Crippen LogP contribution >= 0.6 is 12.4 Å². The van der Waals surface area contributed by atoms with Crippen molar-refractivity contribution in [2.75, 3.05) is 13.1 Å². The first-order valence-corrected chi connectivity index (χ1v) is 6.38. The summed E-state index contributed by atoms with van der Waals surface area (Å²) in [7, 11) is 0. The Kier molecular flexibility index (Phi) is 6.76. The minimum atomic E-state index is 0. The fourth-order valence-corrected chi connectivity index (χ4v) is 2.16. The van der Waals surface area contributed by atoms with Crippen molar-refractivity contribution in [1.82, 2.24) is 10.6 Å². The molecule has 1 saturated heterocycles. The third-order valence-electron chi connectivity index (χ3n) is 3.19. The summed E-state index contributed by atoms with van der Waals surface area (Å²) in [6.45, 7) is 1.86. The normalized spacial score (nSPS) is 18.1. The van der Waals surface area contributed by atoms with E-state index >= 15 is 0 Å². The number of halogens is 1. The molecule has 1 aromatic carbocycles. The smallest absolute Gasteiger partial charge is 0.220 e. The maximum Gasteiger partial charge on any atom is 0.220 e. The molecular weight excluding hydrogens is 248 g/mol. The third-order valence-corrected chi connectivity index (χ3v) is 3.19. The summed E-state index contributed by atoms with van der Waals surface area (Å²) in [4.78, 5) is 11.6. The number of aryl methyl sites for hydroxylation is 1. The van der Waals surface area contributed by atoms with Gasteiger partial charge in [0.05, 0.1) is 0 Å². The Hall–Kier alpha value is -1.06. The van der Waals surface area contributed by atoms with Crippen molar-refractivity contribution in [3.63, 3.8) is 0 Å². The topological polar surface area (TPSA) is 41.1 Å². The maximum absolute atomic E-state index is 11.6. The number of rotatable bonds is 5. The first kappa shape index (κ1) is 15.0. The lowest BCUT2D eigenvalue weighted by Gasteiger charge is -2.11. The van der Waals surface area contributed by atoms with E-state index in [1.807, 2.05) is 18.2 Å². The number of amides is 1. The Morgan fingerprint density at radius 1 is 1.33 bits per heavy atom. The number of nitrogens with one attached hydrogen (secondary N) is 2.